The van der Waals surface area contributed by atoms with Crippen molar-refractivity contribution < 1.29 is 0 Å². The molecule has 0 N–H and O–H groups in total. The molecular formula is C16H14N2. The summed E-state index contributed by atoms with van der Waals surface area (Å²) in [5, 5.41) is 0. The van der Waals surface area contributed by atoms with Gasteiger partial charge in [-0.25, -0.2) is 4.99 Å². The number of benzene rings is 1. The first-order chi connectivity index (χ1) is 8.90. The monoisotopic (exact) mass is 234 g/mol. The van der Waals surface area contributed by atoms with Crippen LogP contribution in [0, 0.1) is 0 Å². The zero-order valence-corrected chi connectivity index (χ0v) is 10.1. The van der Waals surface area contributed by atoms with Crippen LogP contribution in [0.2, 0.25) is 0 Å². The molecule has 18 heavy (non-hydrogen) atoms. The topological polar surface area (TPSA) is 15.6 Å². The fraction of sp³-hybridized carbons (Fsp3) is 0.188. The van der Waals surface area contributed by atoms with Crippen LogP contribution in [0.5, 0.6) is 0 Å². The third-order valence-electron chi connectivity index (χ3n) is 3.69. The Morgan fingerprint density at radius 3 is 3.06 bits per heavy atom. The summed E-state index contributed by atoms with van der Waals surface area (Å²) in [4.78, 5) is 7.10. The van der Waals surface area contributed by atoms with E-state index in [0.29, 0.717) is 0 Å². The van der Waals surface area contributed by atoms with E-state index in [1.807, 2.05) is 6.07 Å². The number of rotatable bonds is 0. The smallest absolute Gasteiger partial charge is 0.0731 e. The average Bonchev–Trinajstić information content (AvgIpc) is 2.74. The predicted octanol–water partition coefficient (Wildman–Crippen LogP) is 3.32. The van der Waals surface area contributed by atoms with E-state index in [-0.39, 0.29) is 0 Å². The Labute approximate surface area is 107 Å². The molecule has 0 amide bonds. The highest BCUT2D eigenvalue weighted by Crippen LogP contribution is 2.36. The Balaban J connectivity index is 1.89. The molecule has 2 nitrogen and oxygen atoms in total. The van der Waals surface area contributed by atoms with Gasteiger partial charge in [0.2, 0.25) is 0 Å². The fourth-order valence-corrected chi connectivity index (χ4v) is 2.78. The lowest BCUT2D eigenvalue weighted by molar-refractivity contribution is 0.403. The molecule has 4 rings (SSSR count). The van der Waals surface area contributed by atoms with Gasteiger partial charge in [0.15, 0.2) is 0 Å². The molecule has 0 aliphatic carbocycles. The third kappa shape index (κ3) is 1.46. The molecule has 0 atom stereocenters. The molecule has 3 aliphatic rings. The van der Waals surface area contributed by atoms with Crippen LogP contribution in [-0.4, -0.2) is 23.7 Å². The van der Waals surface area contributed by atoms with Gasteiger partial charge in [0.25, 0.3) is 0 Å². The molecule has 3 aliphatic heterocycles. The zero-order valence-electron chi connectivity index (χ0n) is 10.1. The van der Waals surface area contributed by atoms with Crippen LogP contribution in [0.3, 0.4) is 0 Å². The molecule has 0 saturated carbocycles. The first-order valence-corrected chi connectivity index (χ1v) is 6.42. The van der Waals surface area contributed by atoms with Crippen molar-refractivity contribution in [3.05, 3.63) is 59.8 Å². The highest BCUT2D eigenvalue weighted by atomic mass is 15.1. The van der Waals surface area contributed by atoms with Crippen LogP contribution >= 0.6 is 0 Å². The molecule has 0 spiro atoms. The van der Waals surface area contributed by atoms with E-state index in [0.717, 1.165) is 30.9 Å². The van der Waals surface area contributed by atoms with Crippen molar-refractivity contribution in [3.63, 3.8) is 0 Å². The van der Waals surface area contributed by atoms with Crippen molar-refractivity contribution in [2.75, 3.05) is 13.1 Å². The van der Waals surface area contributed by atoms with E-state index < -0.39 is 0 Å². The summed E-state index contributed by atoms with van der Waals surface area (Å²) in [7, 11) is 0. The summed E-state index contributed by atoms with van der Waals surface area (Å²) in [6.07, 6.45) is 10.1. The largest absolute Gasteiger partial charge is 0.372 e. The number of hydrogen-bond donors (Lipinski definition) is 0. The van der Waals surface area contributed by atoms with Gasteiger partial charge in [-0.2, -0.15) is 0 Å². The Hall–Kier alpha value is -2.09. The number of allylic oxidation sites excluding steroid dienone is 2. The minimum Gasteiger partial charge on any atom is -0.372 e. The maximum atomic E-state index is 4.71. The molecule has 2 heteroatoms. The minimum atomic E-state index is 1.02. The summed E-state index contributed by atoms with van der Waals surface area (Å²) < 4.78 is 0. The Kier molecular flexibility index (Phi) is 2.04. The molecule has 1 aromatic carbocycles. The normalized spacial score (nSPS) is 20.2. The van der Waals surface area contributed by atoms with E-state index in [1.165, 1.54) is 16.7 Å². The molecule has 1 aromatic rings. The second kappa shape index (κ2) is 3.70. The first kappa shape index (κ1) is 9.89. The van der Waals surface area contributed by atoms with Gasteiger partial charge in [-0.15, -0.1) is 0 Å². The number of nitrogens with zero attached hydrogens (tertiary/aromatic N) is 2. The maximum absolute atomic E-state index is 4.71. The van der Waals surface area contributed by atoms with Gasteiger partial charge < -0.3 is 4.90 Å². The highest BCUT2D eigenvalue weighted by Gasteiger charge is 2.21. The maximum Gasteiger partial charge on any atom is 0.0731 e. The number of aliphatic imine (C=N–C) groups is 1. The van der Waals surface area contributed by atoms with Crippen molar-refractivity contribution in [1.29, 1.82) is 0 Å². The lowest BCUT2D eigenvalue weighted by atomic mass is 9.99. The van der Waals surface area contributed by atoms with E-state index in [2.05, 4.69) is 47.5 Å². The lowest BCUT2D eigenvalue weighted by Gasteiger charge is -2.27. The summed E-state index contributed by atoms with van der Waals surface area (Å²) in [5.41, 5.74) is 6.11. The molecular weight excluding hydrogens is 220 g/mol. The first-order valence-electron chi connectivity index (χ1n) is 6.42. The van der Waals surface area contributed by atoms with Crippen molar-refractivity contribution >= 4 is 17.0 Å². The fourth-order valence-electron chi connectivity index (χ4n) is 2.78. The van der Waals surface area contributed by atoms with Crippen molar-refractivity contribution in [2.45, 2.75) is 6.42 Å². The van der Waals surface area contributed by atoms with Gasteiger partial charge in [-0.3, -0.25) is 0 Å². The highest BCUT2D eigenvalue weighted by molar-refractivity contribution is 6.33. The minimum absolute atomic E-state index is 1.02. The summed E-state index contributed by atoms with van der Waals surface area (Å²) in [6, 6.07) is 8.38. The van der Waals surface area contributed by atoms with E-state index in [4.69, 9.17) is 4.99 Å². The van der Waals surface area contributed by atoms with Gasteiger partial charge in [-0.1, -0.05) is 30.4 Å². The van der Waals surface area contributed by atoms with Crippen LogP contribution < -0.4 is 0 Å². The van der Waals surface area contributed by atoms with Crippen LogP contribution in [0.25, 0.3) is 5.57 Å². The quantitative estimate of drug-likeness (QED) is 0.672. The molecule has 2 bridgehead atoms. The standard InChI is InChI=1S/C16H14N2/c1-2-6-15-13(5-1)14-11-18-9-3-4-12(10-18)7-8-16(14)17-15/h1-2,4-8,11H,3,9-10H2. The van der Waals surface area contributed by atoms with E-state index in [9.17, 15) is 0 Å². The van der Waals surface area contributed by atoms with Gasteiger partial charge in [0.1, 0.15) is 0 Å². The average molecular weight is 234 g/mol. The van der Waals surface area contributed by atoms with Crippen LogP contribution in [-0.2, 0) is 0 Å². The Morgan fingerprint density at radius 1 is 1.11 bits per heavy atom. The SMILES string of the molecule is C1=CC2=Nc3ccccc3C2=CN2CCC=C1C2. The molecule has 0 radical (unpaired) electrons. The molecule has 0 saturated heterocycles. The van der Waals surface area contributed by atoms with Crippen LogP contribution in [0.4, 0.5) is 5.69 Å². The van der Waals surface area contributed by atoms with Gasteiger partial charge >= 0.3 is 0 Å². The predicted molar refractivity (Wildman–Crippen MR) is 74.9 cm³/mol. The second-order valence-corrected chi connectivity index (χ2v) is 4.93. The van der Waals surface area contributed by atoms with Crippen molar-refractivity contribution in [3.8, 4) is 0 Å². The molecule has 88 valence electrons. The van der Waals surface area contributed by atoms with Crippen LogP contribution in [0.15, 0.2) is 59.3 Å². The lowest BCUT2D eigenvalue weighted by Crippen LogP contribution is -2.26. The Morgan fingerprint density at radius 2 is 2.06 bits per heavy atom. The van der Waals surface area contributed by atoms with Gasteiger partial charge in [0.05, 0.1) is 11.4 Å². The van der Waals surface area contributed by atoms with E-state index >= 15 is 0 Å². The van der Waals surface area contributed by atoms with E-state index in [1.54, 1.807) is 0 Å². The summed E-state index contributed by atoms with van der Waals surface area (Å²) in [5.74, 6) is 0. The van der Waals surface area contributed by atoms with Crippen LogP contribution in [0.1, 0.15) is 12.0 Å². The van der Waals surface area contributed by atoms with Crippen molar-refractivity contribution in [2.24, 2.45) is 4.99 Å². The second-order valence-electron chi connectivity index (χ2n) is 4.93. The number of para-hydroxylation sites is 1. The number of hydrogen-bond acceptors (Lipinski definition) is 2. The van der Waals surface area contributed by atoms with Crippen molar-refractivity contribution in [1.82, 2.24) is 4.90 Å². The summed E-state index contributed by atoms with van der Waals surface area (Å²) >= 11 is 0. The Bertz CT molecular complexity index is 632. The third-order valence-corrected chi connectivity index (χ3v) is 3.69. The number of fused-ring (bicyclic) bond motifs is 5. The molecule has 0 unspecified atom stereocenters. The molecule has 0 aromatic heterocycles. The molecule has 0 fully saturated rings. The van der Waals surface area contributed by atoms with Gasteiger partial charge in [-0.05, 0) is 24.1 Å². The van der Waals surface area contributed by atoms with Gasteiger partial charge in [0, 0.05) is 30.4 Å². The summed E-state index contributed by atoms with van der Waals surface area (Å²) in [6.45, 7) is 2.13. The zero-order chi connectivity index (χ0) is 11.9. The molecule has 3 heterocycles.